The maximum Gasteiger partial charge on any atom is 0.239 e. The van der Waals surface area contributed by atoms with Crippen molar-refractivity contribution in [2.24, 2.45) is 5.92 Å². The highest BCUT2D eigenvalue weighted by atomic mass is 16.1. The van der Waals surface area contributed by atoms with Gasteiger partial charge in [0, 0.05) is 23.6 Å². The van der Waals surface area contributed by atoms with Gasteiger partial charge >= 0.3 is 0 Å². The molecule has 1 aromatic heterocycles. The molecule has 2 aromatic rings. The van der Waals surface area contributed by atoms with Crippen LogP contribution in [0.15, 0.2) is 30.5 Å². The van der Waals surface area contributed by atoms with E-state index in [0.29, 0.717) is 18.0 Å². The number of nitrogens with one attached hydrogen (secondary N) is 1. The molecule has 1 aliphatic carbocycles. The molecule has 96 valence electrons. The lowest BCUT2D eigenvalue weighted by molar-refractivity contribution is -0.121. The van der Waals surface area contributed by atoms with Crippen LogP contribution in [0.25, 0.3) is 10.9 Å². The Morgan fingerprint density at radius 3 is 3.00 bits per heavy atom. The molecule has 3 rings (SSSR count). The van der Waals surface area contributed by atoms with E-state index in [-0.39, 0.29) is 5.91 Å². The van der Waals surface area contributed by atoms with E-state index in [2.05, 4.69) is 11.4 Å². The third kappa shape index (κ3) is 2.60. The molecule has 1 saturated carbocycles. The van der Waals surface area contributed by atoms with Gasteiger partial charge in [-0.25, -0.2) is 0 Å². The van der Waals surface area contributed by atoms with Gasteiger partial charge in [-0.15, -0.1) is 0 Å². The van der Waals surface area contributed by atoms with Gasteiger partial charge < -0.3 is 9.88 Å². The summed E-state index contributed by atoms with van der Waals surface area (Å²) in [6.07, 6.45) is 4.37. The fraction of sp³-hybridized carbons (Fsp3) is 0.333. The van der Waals surface area contributed by atoms with E-state index in [9.17, 15) is 4.79 Å². The van der Waals surface area contributed by atoms with Crippen LogP contribution in [-0.2, 0) is 11.3 Å². The summed E-state index contributed by atoms with van der Waals surface area (Å²) < 4.78 is 1.92. The van der Waals surface area contributed by atoms with Crippen molar-refractivity contribution in [3.8, 4) is 6.07 Å². The summed E-state index contributed by atoms with van der Waals surface area (Å²) in [5.74, 6) is 0.748. The first kappa shape index (κ1) is 11.8. The topological polar surface area (TPSA) is 57.8 Å². The van der Waals surface area contributed by atoms with E-state index in [0.717, 1.165) is 17.4 Å². The van der Waals surface area contributed by atoms with Crippen molar-refractivity contribution in [2.45, 2.75) is 19.4 Å². The normalized spacial score (nSPS) is 14.3. The van der Waals surface area contributed by atoms with Gasteiger partial charge in [0.1, 0.15) is 6.54 Å². The molecule has 0 saturated heterocycles. The fourth-order valence-corrected chi connectivity index (χ4v) is 2.20. The Kier molecular flexibility index (Phi) is 2.96. The molecule has 1 N–H and O–H groups in total. The first-order chi connectivity index (χ1) is 9.26. The van der Waals surface area contributed by atoms with E-state index in [1.807, 2.05) is 29.0 Å². The molecule has 1 aliphatic rings. The van der Waals surface area contributed by atoms with Crippen molar-refractivity contribution in [1.82, 2.24) is 9.88 Å². The minimum absolute atomic E-state index is 0.0498. The zero-order chi connectivity index (χ0) is 13.2. The van der Waals surface area contributed by atoms with Crippen LogP contribution in [0.1, 0.15) is 18.4 Å². The first-order valence-corrected chi connectivity index (χ1v) is 6.52. The zero-order valence-corrected chi connectivity index (χ0v) is 10.6. The van der Waals surface area contributed by atoms with Crippen LogP contribution >= 0.6 is 0 Å². The van der Waals surface area contributed by atoms with Crippen LogP contribution in [0.4, 0.5) is 0 Å². The van der Waals surface area contributed by atoms with Gasteiger partial charge in [0.15, 0.2) is 0 Å². The molecule has 0 atom stereocenters. The van der Waals surface area contributed by atoms with E-state index in [4.69, 9.17) is 5.26 Å². The summed E-state index contributed by atoms with van der Waals surface area (Å²) in [7, 11) is 0. The SMILES string of the molecule is N#Cc1ccc2c(ccn2CC(=O)NCC2CC2)c1. The van der Waals surface area contributed by atoms with Crippen molar-refractivity contribution in [3.05, 3.63) is 36.0 Å². The number of fused-ring (bicyclic) bond motifs is 1. The molecule has 4 heteroatoms. The third-order valence-corrected chi connectivity index (χ3v) is 3.50. The number of carbonyl (C=O) groups is 1. The average molecular weight is 253 g/mol. The summed E-state index contributed by atoms with van der Waals surface area (Å²) in [4.78, 5) is 11.8. The lowest BCUT2D eigenvalue weighted by Gasteiger charge is -2.06. The van der Waals surface area contributed by atoms with Gasteiger partial charge in [-0.2, -0.15) is 5.26 Å². The number of hydrogen-bond acceptors (Lipinski definition) is 2. The van der Waals surface area contributed by atoms with E-state index < -0.39 is 0 Å². The molecular formula is C15H15N3O. The molecule has 0 spiro atoms. The number of amides is 1. The summed E-state index contributed by atoms with van der Waals surface area (Å²) in [6, 6.07) is 9.57. The van der Waals surface area contributed by atoms with Crippen LogP contribution in [0.2, 0.25) is 0 Å². The maximum atomic E-state index is 11.8. The van der Waals surface area contributed by atoms with E-state index >= 15 is 0 Å². The number of nitrogens with zero attached hydrogens (tertiary/aromatic N) is 2. The van der Waals surface area contributed by atoms with E-state index in [1.54, 1.807) is 6.07 Å². The molecule has 1 aromatic carbocycles. The predicted molar refractivity (Wildman–Crippen MR) is 72.4 cm³/mol. The Labute approximate surface area is 111 Å². The van der Waals surface area contributed by atoms with Crippen molar-refractivity contribution < 1.29 is 4.79 Å². The number of hydrogen-bond donors (Lipinski definition) is 1. The minimum Gasteiger partial charge on any atom is -0.354 e. The number of nitriles is 1. The second-order valence-electron chi connectivity index (χ2n) is 5.08. The van der Waals surface area contributed by atoms with Crippen LogP contribution in [0, 0.1) is 17.2 Å². The number of benzene rings is 1. The van der Waals surface area contributed by atoms with Crippen molar-refractivity contribution >= 4 is 16.8 Å². The summed E-state index contributed by atoms with van der Waals surface area (Å²) in [6.45, 7) is 1.14. The number of rotatable bonds is 4. The van der Waals surface area contributed by atoms with Crippen molar-refractivity contribution in [1.29, 1.82) is 5.26 Å². The fourth-order valence-electron chi connectivity index (χ4n) is 2.20. The molecule has 1 amide bonds. The molecule has 4 nitrogen and oxygen atoms in total. The molecule has 0 radical (unpaired) electrons. The zero-order valence-electron chi connectivity index (χ0n) is 10.6. The Bertz CT molecular complexity index is 662. The molecule has 0 bridgehead atoms. The first-order valence-electron chi connectivity index (χ1n) is 6.52. The van der Waals surface area contributed by atoms with Crippen molar-refractivity contribution in [3.63, 3.8) is 0 Å². The second kappa shape index (κ2) is 4.77. The lowest BCUT2D eigenvalue weighted by Crippen LogP contribution is -2.29. The molecule has 0 unspecified atom stereocenters. The maximum absolute atomic E-state index is 11.8. The van der Waals surface area contributed by atoms with Gasteiger partial charge in [-0.3, -0.25) is 4.79 Å². The Hall–Kier alpha value is -2.28. The van der Waals surface area contributed by atoms with Crippen LogP contribution in [0.3, 0.4) is 0 Å². The average Bonchev–Trinajstić information content (AvgIpc) is 3.18. The monoisotopic (exact) mass is 253 g/mol. The van der Waals surface area contributed by atoms with E-state index in [1.165, 1.54) is 12.8 Å². The van der Waals surface area contributed by atoms with Gasteiger partial charge in [0.2, 0.25) is 5.91 Å². The van der Waals surface area contributed by atoms with Gasteiger partial charge in [0.05, 0.1) is 11.6 Å². The highest BCUT2D eigenvalue weighted by Crippen LogP contribution is 2.27. The summed E-state index contributed by atoms with van der Waals surface area (Å²) in [5, 5.41) is 12.8. The summed E-state index contributed by atoms with van der Waals surface area (Å²) in [5.41, 5.74) is 1.63. The Morgan fingerprint density at radius 2 is 2.26 bits per heavy atom. The Morgan fingerprint density at radius 1 is 1.42 bits per heavy atom. The largest absolute Gasteiger partial charge is 0.354 e. The van der Waals surface area contributed by atoms with Gasteiger partial charge in [0.25, 0.3) is 0 Å². The molecule has 19 heavy (non-hydrogen) atoms. The van der Waals surface area contributed by atoms with Crippen LogP contribution in [0.5, 0.6) is 0 Å². The molecule has 1 heterocycles. The van der Waals surface area contributed by atoms with Crippen LogP contribution in [-0.4, -0.2) is 17.0 Å². The second-order valence-corrected chi connectivity index (χ2v) is 5.08. The smallest absolute Gasteiger partial charge is 0.239 e. The molecule has 0 aliphatic heterocycles. The molecule has 1 fully saturated rings. The number of aromatic nitrogens is 1. The highest BCUT2D eigenvalue weighted by Gasteiger charge is 2.21. The van der Waals surface area contributed by atoms with Gasteiger partial charge in [-0.1, -0.05) is 0 Å². The summed E-state index contributed by atoms with van der Waals surface area (Å²) >= 11 is 0. The molecular weight excluding hydrogens is 238 g/mol. The Balaban J connectivity index is 1.73. The van der Waals surface area contributed by atoms with Crippen molar-refractivity contribution in [2.75, 3.05) is 6.54 Å². The predicted octanol–water partition coefficient (Wildman–Crippen LogP) is 2.04. The third-order valence-electron chi connectivity index (χ3n) is 3.50. The van der Waals surface area contributed by atoms with Crippen LogP contribution < -0.4 is 5.32 Å². The number of carbonyl (C=O) groups excluding carboxylic acids is 1. The van der Waals surface area contributed by atoms with Gasteiger partial charge in [-0.05, 0) is 43.0 Å². The highest BCUT2D eigenvalue weighted by molar-refractivity contribution is 5.84. The standard InChI is InChI=1S/C15H15N3O/c16-8-12-3-4-14-13(7-12)5-6-18(14)10-15(19)17-9-11-1-2-11/h3-7,11H,1-2,9-10H2,(H,17,19). The quantitative estimate of drug-likeness (QED) is 0.906. The lowest BCUT2D eigenvalue weighted by atomic mass is 10.2. The minimum atomic E-state index is 0.0498.